The molecule has 0 saturated heterocycles. The quantitative estimate of drug-likeness (QED) is 0.507. The molecule has 6 heteroatoms. The summed E-state index contributed by atoms with van der Waals surface area (Å²) in [6.45, 7) is 7.81. The number of hydrogen-bond acceptors (Lipinski definition) is 5. The molecule has 3 rings (SSSR count). The van der Waals surface area contributed by atoms with Crippen LogP contribution in [0.5, 0.6) is 5.75 Å². The first-order chi connectivity index (χ1) is 14.4. The van der Waals surface area contributed by atoms with Crippen molar-refractivity contribution in [2.75, 3.05) is 18.5 Å². The number of aryl methyl sites for hydroxylation is 3. The Hall–Kier alpha value is -3.12. The average molecular weight is 424 g/mol. The van der Waals surface area contributed by atoms with Crippen LogP contribution >= 0.6 is 11.3 Å². The number of esters is 1. The van der Waals surface area contributed by atoms with Crippen molar-refractivity contribution in [2.45, 2.75) is 27.7 Å². The van der Waals surface area contributed by atoms with Crippen LogP contribution in [0.25, 0.3) is 11.1 Å². The molecular weight excluding hydrogens is 398 g/mol. The summed E-state index contributed by atoms with van der Waals surface area (Å²) in [6, 6.07) is 13.7. The molecule has 3 aromatic rings. The van der Waals surface area contributed by atoms with Crippen LogP contribution in [0.3, 0.4) is 0 Å². The largest absolute Gasteiger partial charge is 0.483 e. The van der Waals surface area contributed by atoms with Crippen LogP contribution in [0.1, 0.15) is 34.0 Å². The molecular formula is C24H25NO4S. The topological polar surface area (TPSA) is 64.6 Å². The molecule has 0 aliphatic carbocycles. The number of hydrogen-bond donors (Lipinski definition) is 1. The maximum atomic E-state index is 12.6. The van der Waals surface area contributed by atoms with Gasteiger partial charge in [0.15, 0.2) is 6.61 Å². The summed E-state index contributed by atoms with van der Waals surface area (Å²) < 4.78 is 10.9. The monoisotopic (exact) mass is 423 g/mol. The Balaban J connectivity index is 1.79. The van der Waals surface area contributed by atoms with E-state index in [1.807, 2.05) is 68.6 Å². The smallest absolute Gasteiger partial charge is 0.341 e. The molecule has 0 spiro atoms. The normalized spacial score (nSPS) is 10.5. The van der Waals surface area contributed by atoms with Gasteiger partial charge in [-0.1, -0.05) is 47.5 Å². The fraction of sp³-hybridized carbons (Fsp3) is 0.250. The van der Waals surface area contributed by atoms with E-state index >= 15 is 0 Å². The maximum Gasteiger partial charge on any atom is 0.341 e. The third-order valence-electron chi connectivity index (χ3n) is 4.58. The molecule has 0 fully saturated rings. The van der Waals surface area contributed by atoms with Crippen molar-refractivity contribution in [1.82, 2.24) is 0 Å². The Labute approximate surface area is 180 Å². The lowest BCUT2D eigenvalue weighted by Gasteiger charge is -2.11. The first-order valence-corrected chi connectivity index (χ1v) is 10.6. The van der Waals surface area contributed by atoms with E-state index in [1.54, 1.807) is 6.92 Å². The van der Waals surface area contributed by atoms with E-state index in [0.29, 0.717) is 16.3 Å². The summed E-state index contributed by atoms with van der Waals surface area (Å²) >= 11 is 1.30. The lowest BCUT2D eigenvalue weighted by Crippen LogP contribution is -2.21. The van der Waals surface area contributed by atoms with Gasteiger partial charge < -0.3 is 14.8 Å². The molecule has 1 amide bonds. The Morgan fingerprint density at radius 1 is 1.00 bits per heavy atom. The zero-order chi connectivity index (χ0) is 21.7. The summed E-state index contributed by atoms with van der Waals surface area (Å²) in [6.07, 6.45) is 0. The predicted octanol–water partition coefficient (Wildman–Crippen LogP) is 5.53. The number of anilines is 1. The minimum atomic E-state index is -0.458. The van der Waals surface area contributed by atoms with E-state index < -0.39 is 5.97 Å². The minimum Gasteiger partial charge on any atom is -0.483 e. The van der Waals surface area contributed by atoms with Gasteiger partial charge in [0, 0.05) is 10.9 Å². The number of amides is 1. The van der Waals surface area contributed by atoms with Crippen LogP contribution in [-0.4, -0.2) is 25.1 Å². The van der Waals surface area contributed by atoms with E-state index in [9.17, 15) is 9.59 Å². The standard InChI is InChI=1S/C24H25NO4S/c1-5-28-24(27)22-19(18-9-6-15(2)7-10-18)14-30-23(22)25-21(26)13-29-20-11-8-16(3)12-17(20)4/h6-12,14H,5,13H2,1-4H3,(H,25,26). The van der Waals surface area contributed by atoms with Crippen LogP contribution in [-0.2, 0) is 9.53 Å². The van der Waals surface area contributed by atoms with E-state index in [1.165, 1.54) is 11.3 Å². The van der Waals surface area contributed by atoms with Crippen molar-refractivity contribution in [3.05, 3.63) is 70.1 Å². The highest BCUT2D eigenvalue weighted by Gasteiger charge is 2.23. The first kappa shape index (κ1) is 21.6. The highest BCUT2D eigenvalue weighted by atomic mass is 32.1. The van der Waals surface area contributed by atoms with Gasteiger partial charge in [-0.15, -0.1) is 11.3 Å². The van der Waals surface area contributed by atoms with Gasteiger partial charge in [-0.3, -0.25) is 4.79 Å². The molecule has 0 atom stereocenters. The molecule has 0 aliphatic rings. The molecule has 1 aromatic heterocycles. The van der Waals surface area contributed by atoms with Gasteiger partial charge in [0.1, 0.15) is 16.3 Å². The van der Waals surface area contributed by atoms with Crippen LogP contribution < -0.4 is 10.1 Å². The molecule has 30 heavy (non-hydrogen) atoms. The third kappa shape index (κ3) is 5.07. The van der Waals surface area contributed by atoms with E-state index in [4.69, 9.17) is 9.47 Å². The van der Waals surface area contributed by atoms with Crippen molar-refractivity contribution in [2.24, 2.45) is 0 Å². The predicted molar refractivity (Wildman–Crippen MR) is 120 cm³/mol. The van der Waals surface area contributed by atoms with Gasteiger partial charge in [-0.05, 0) is 44.9 Å². The van der Waals surface area contributed by atoms with Crippen LogP contribution in [0.4, 0.5) is 5.00 Å². The molecule has 5 nitrogen and oxygen atoms in total. The summed E-state index contributed by atoms with van der Waals surface area (Å²) in [5, 5.41) is 5.12. The number of rotatable bonds is 7. The maximum absolute atomic E-state index is 12.6. The van der Waals surface area contributed by atoms with E-state index in [2.05, 4.69) is 5.32 Å². The zero-order valence-corrected chi connectivity index (χ0v) is 18.4. The fourth-order valence-corrected chi connectivity index (χ4v) is 4.04. The van der Waals surface area contributed by atoms with Crippen molar-refractivity contribution < 1.29 is 19.1 Å². The van der Waals surface area contributed by atoms with Crippen LogP contribution in [0.15, 0.2) is 47.8 Å². The molecule has 0 aliphatic heterocycles. The number of ether oxygens (including phenoxy) is 2. The van der Waals surface area contributed by atoms with E-state index in [-0.39, 0.29) is 19.1 Å². The van der Waals surface area contributed by atoms with Crippen LogP contribution in [0.2, 0.25) is 0 Å². The lowest BCUT2D eigenvalue weighted by molar-refractivity contribution is -0.118. The number of carbonyl (C=O) groups is 2. The van der Waals surface area contributed by atoms with Gasteiger partial charge in [-0.25, -0.2) is 4.79 Å². The molecule has 0 saturated carbocycles. The zero-order valence-electron chi connectivity index (χ0n) is 17.6. The molecule has 0 radical (unpaired) electrons. The summed E-state index contributed by atoms with van der Waals surface area (Å²) in [4.78, 5) is 25.1. The van der Waals surface area contributed by atoms with E-state index in [0.717, 1.165) is 27.8 Å². The van der Waals surface area contributed by atoms with Crippen LogP contribution in [0, 0.1) is 20.8 Å². The molecule has 0 bridgehead atoms. The summed E-state index contributed by atoms with van der Waals surface area (Å²) in [7, 11) is 0. The number of thiophene rings is 1. The second kappa shape index (κ2) is 9.59. The molecule has 0 unspecified atom stereocenters. The lowest BCUT2D eigenvalue weighted by atomic mass is 10.0. The second-order valence-electron chi connectivity index (χ2n) is 7.05. The second-order valence-corrected chi connectivity index (χ2v) is 7.93. The Morgan fingerprint density at radius 2 is 1.70 bits per heavy atom. The first-order valence-electron chi connectivity index (χ1n) is 9.74. The highest BCUT2D eigenvalue weighted by Crippen LogP contribution is 2.36. The Morgan fingerprint density at radius 3 is 2.37 bits per heavy atom. The minimum absolute atomic E-state index is 0.149. The van der Waals surface area contributed by atoms with Gasteiger partial charge in [0.25, 0.3) is 5.91 Å². The number of carbonyl (C=O) groups excluding carboxylic acids is 2. The molecule has 156 valence electrons. The third-order valence-corrected chi connectivity index (χ3v) is 5.47. The highest BCUT2D eigenvalue weighted by molar-refractivity contribution is 7.15. The van der Waals surface area contributed by atoms with Gasteiger partial charge in [0.05, 0.1) is 6.61 Å². The van der Waals surface area contributed by atoms with Crippen molar-refractivity contribution >= 4 is 28.2 Å². The number of nitrogens with one attached hydrogen (secondary N) is 1. The summed E-state index contributed by atoms with van der Waals surface area (Å²) in [5.41, 5.74) is 5.23. The van der Waals surface area contributed by atoms with Gasteiger partial charge >= 0.3 is 5.97 Å². The SMILES string of the molecule is CCOC(=O)c1c(-c2ccc(C)cc2)csc1NC(=O)COc1ccc(C)cc1C. The Bertz CT molecular complexity index is 1050. The van der Waals surface area contributed by atoms with Crippen molar-refractivity contribution in [3.63, 3.8) is 0 Å². The fourth-order valence-electron chi connectivity index (χ4n) is 3.07. The van der Waals surface area contributed by atoms with Gasteiger partial charge in [0.2, 0.25) is 0 Å². The average Bonchev–Trinajstić information content (AvgIpc) is 3.11. The molecule has 1 N–H and O–H groups in total. The molecule has 2 aromatic carbocycles. The van der Waals surface area contributed by atoms with Gasteiger partial charge in [-0.2, -0.15) is 0 Å². The Kier molecular flexibility index (Phi) is 6.90. The summed E-state index contributed by atoms with van der Waals surface area (Å²) in [5.74, 6) is -0.134. The van der Waals surface area contributed by atoms with Crippen molar-refractivity contribution in [1.29, 1.82) is 0 Å². The number of benzene rings is 2. The molecule has 1 heterocycles. The van der Waals surface area contributed by atoms with Crippen molar-refractivity contribution in [3.8, 4) is 16.9 Å².